The highest BCUT2D eigenvalue weighted by Gasteiger charge is 1.92. The standard InChI is InChI=1S/C7H6BrNO/c1-2-5-3-6(8)7(10)9-4-5/h2-4H,1H2,(H,9,10). The van der Waals surface area contributed by atoms with Gasteiger partial charge in [0.2, 0.25) is 0 Å². The quantitative estimate of drug-likeness (QED) is 0.736. The normalized spacial score (nSPS) is 9.30. The predicted octanol–water partition coefficient (Wildman–Crippen LogP) is 1.78. The topological polar surface area (TPSA) is 32.9 Å². The van der Waals surface area contributed by atoms with E-state index >= 15 is 0 Å². The van der Waals surface area contributed by atoms with Gasteiger partial charge in [0.15, 0.2) is 0 Å². The van der Waals surface area contributed by atoms with Crippen molar-refractivity contribution in [3.8, 4) is 0 Å². The van der Waals surface area contributed by atoms with Crippen molar-refractivity contribution in [3.05, 3.63) is 39.2 Å². The van der Waals surface area contributed by atoms with Gasteiger partial charge in [0, 0.05) is 6.20 Å². The van der Waals surface area contributed by atoms with Crippen molar-refractivity contribution in [2.24, 2.45) is 0 Å². The zero-order valence-electron chi connectivity index (χ0n) is 5.23. The SMILES string of the molecule is C=Cc1c[nH]c(=O)c(Br)c1. The van der Waals surface area contributed by atoms with Crippen LogP contribution in [0.25, 0.3) is 6.08 Å². The first-order valence-electron chi connectivity index (χ1n) is 2.74. The molecule has 0 saturated heterocycles. The molecule has 52 valence electrons. The molecule has 0 aromatic carbocycles. The second-order valence-corrected chi connectivity index (χ2v) is 2.67. The van der Waals surface area contributed by atoms with E-state index in [-0.39, 0.29) is 5.56 Å². The van der Waals surface area contributed by atoms with Crippen LogP contribution in [0.15, 0.2) is 28.1 Å². The lowest BCUT2D eigenvalue weighted by Crippen LogP contribution is -2.04. The van der Waals surface area contributed by atoms with Gasteiger partial charge in [0.1, 0.15) is 0 Å². The molecule has 1 aromatic rings. The highest BCUT2D eigenvalue weighted by atomic mass is 79.9. The molecule has 0 amide bonds. The number of pyridine rings is 1. The highest BCUT2D eigenvalue weighted by molar-refractivity contribution is 9.10. The molecule has 0 saturated carbocycles. The Kier molecular flexibility index (Phi) is 2.06. The van der Waals surface area contributed by atoms with E-state index in [1.54, 1.807) is 18.3 Å². The number of halogens is 1. The molecule has 0 radical (unpaired) electrons. The third kappa shape index (κ3) is 1.36. The number of rotatable bonds is 1. The van der Waals surface area contributed by atoms with Crippen LogP contribution in [0, 0.1) is 0 Å². The fourth-order valence-corrected chi connectivity index (χ4v) is 0.968. The third-order valence-electron chi connectivity index (χ3n) is 1.12. The largest absolute Gasteiger partial charge is 0.328 e. The fourth-order valence-electron chi connectivity index (χ4n) is 0.589. The van der Waals surface area contributed by atoms with E-state index in [1.165, 1.54) is 0 Å². The summed E-state index contributed by atoms with van der Waals surface area (Å²) in [6.45, 7) is 3.56. The van der Waals surface area contributed by atoms with Gasteiger partial charge in [0.25, 0.3) is 5.56 Å². The number of hydrogen-bond donors (Lipinski definition) is 1. The maximum absolute atomic E-state index is 10.8. The first-order chi connectivity index (χ1) is 4.74. The van der Waals surface area contributed by atoms with Gasteiger partial charge in [-0.15, -0.1) is 0 Å². The van der Waals surface area contributed by atoms with Gasteiger partial charge in [-0.2, -0.15) is 0 Å². The summed E-state index contributed by atoms with van der Waals surface area (Å²) < 4.78 is 0.532. The van der Waals surface area contributed by atoms with E-state index in [2.05, 4.69) is 27.5 Å². The van der Waals surface area contributed by atoms with Crippen molar-refractivity contribution in [3.63, 3.8) is 0 Å². The molecule has 1 rings (SSSR count). The molecule has 1 heterocycles. The van der Waals surface area contributed by atoms with E-state index in [0.29, 0.717) is 4.47 Å². The minimum atomic E-state index is -0.120. The summed E-state index contributed by atoms with van der Waals surface area (Å²) in [6, 6.07) is 1.71. The molecule has 0 spiro atoms. The Hall–Kier alpha value is -0.830. The highest BCUT2D eigenvalue weighted by Crippen LogP contribution is 2.05. The average Bonchev–Trinajstić information content (AvgIpc) is 1.95. The summed E-state index contributed by atoms with van der Waals surface area (Å²) in [4.78, 5) is 13.3. The number of aromatic amines is 1. The molecule has 0 bridgehead atoms. The summed E-state index contributed by atoms with van der Waals surface area (Å²) in [5.41, 5.74) is 0.775. The van der Waals surface area contributed by atoms with Crippen molar-refractivity contribution in [2.45, 2.75) is 0 Å². The molecule has 0 fully saturated rings. The van der Waals surface area contributed by atoms with Gasteiger partial charge in [-0.25, -0.2) is 0 Å². The number of hydrogen-bond acceptors (Lipinski definition) is 1. The summed E-state index contributed by atoms with van der Waals surface area (Å²) in [7, 11) is 0. The Bertz CT molecular complexity index is 303. The lowest BCUT2D eigenvalue weighted by molar-refractivity contribution is 1.21. The molecule has 3 heteroatoms. The molecule has 0 aliphatic heterocycles. The predicted molar refractivity (Wildman–Crippen MR) is 44.9 cm³/mol. The van der Waals surface area contributed by atoms with Gasteiger partial charge < -0.3 is 4.98 Å². The van der Waals surface area contributed by atoms with Gasteiger partial charge >= 0.3 is 0 Å². The Morgan fingerprint density at radius 2 is 2.40 bits per heavy atom. The Morgan fingerprint density at radius 3 is 2.90 bits per heavy atom. The van der Waals surface area contributed by atoms with Crippen LogP contribution in [0.4, 0.5) is 0 Å². The average molecular weight is 200 g/mol. The molecule has 0 aliphatic rings. The van der Waals surface area contributed by atoms with Crippen molar-refractivity contribution < 1.29 is 0 Å². The zero-order chi connectivity index (χ0) is 7.56. The lowest BCUT2D eigenvalue weighted by atomic mass is 10.3. The zero-order valence-corrected chi connectivity index (χ0v) is 6.81. The number of nitrogens with one attached hydrogen (secondary N) is 1. The smallest absolute Gasteiger partial charge is 0.262 e. The minimum absolute atomic E-state index is 0.120. The minimum Gasteiger partial charge on any atom is -0.328 e. The summed E-state index contributed by atoms with van der Waals surface area (Å²) in [5.74, 6) is 0. The van der Waals surface area contributed by atoms with E-state index in [1.807, 2.05) is 0 Å². The van der Waals surface area contributed by atoms with Crippen LogP contribution in [0.2, 0.25) is 0 Å². The Balaban J connectivity index is 3.29. The second-order valence-electron chi connectivity index (χ2n) is 1.81. The molecule has 0 atom stereocenters. The summed E-state index contributed by atoms with van der Waals surface area (Å²) in [6.07, 6.45) is 3.28. The van der Waals surface area contributed by atoms with Crippen LogP contribution in [-0.4, -0.2) is 4.98 Å². The van der Waals surface area contributed by atoms with Crippen molar-refractivity contribution in [1.82, 2.24) is 4.98 Å². The monoisotopic (exact) mass is 199 g/mol. The fraction of sp³-hybridized carbons (Fsp3) is 0. The lowest BCUT2D eigenvalue weighted by Gasteiger charge is -1.91. The molecular weight excluding hydrogens is 194 g/mol. The number of H-pyrrole nitrogens is 1. The molecule has 0 unspecified atom stereocenters. The Labute approximate surface area is 66.7 Å². The van der Waals surface area contributed by atoms with Crippen LogP contribution in [0.1, 0.15) is 5.56 Å². The van der Waals surface area contributed by atoms with Crippen molar-refractivity contribution in [2.75, 3.05) is 0 Å². The van der Waals surface area contributed by atoms with E-state index in [4.69, 9.17) is 0 Å². The summed E-state index contributed by atoms with van der Waals surface area (Å²) >= 11 is 3.10. The van der Waals surface area contributed by atoms with Crippen LogP contribution in [-0.2, 0) is 0 Å². The number of aromatic nitrogens is 1. The van der Waals surface area contributed by atoms with Crippen LogP contribution < -0.4 is 5.56 Å². The van der Waals surface area contributed by atoms with Crippen LogP contribution in [0.3, 0.4) is 0 Å². The van der Waals surface area contributed by atoms with E-state index in [0.717, 1.165) is 5.56 Å². The first kappa shape index (κ1) is 7.28. The molecule has 10 heavy (non-hydrogen) atoms. The van der Waals surface area contributed by atoms with E-state index in [9.17, 15) is 4.79 Å². The van der Waals surface area contributed by atoms with Crippen molar-refractivity contribution >= 4 is 22.0 Å². The maximum Gasteiger partial charge on any atom is 0.262 e. The van der Waals surface area contributed by atoms with E-state index < -0.39 is 0 Å². The maximum atomic E-state index is 10.8. The Morgan fingerprint density at radius 1 is 1.70 bits per heavy atom. The molecule has 2 nitrogen and oxygen atoms in total. The molecule has 1 aromatic heterocycles. The van der Waals surface area contributed by atoms with Gasteiger partial charge in [0.05, 0.1) is 4.47 Å². The molecular formula is C7H6BrNO. The van der Waals surface area contributed by atoms with Gasteiger partial charge in [-0.3, -0.25) is 4.79 Å². The first-order valence-corrected chi connectivity index (χ1v) is 3.54. The van der Waals surface area contributed by atoms with Gasteiger partial charge in [-0.05, 0) is 27.6 Å². The third-order valence-corrected chi connectivity index (χ3v) is 1.70. The van der Waals surface area contributed by atoms with Crippen molar-refractivity contribution in [1.29, 1.82) is 0 Å². The second kappa shape index (κ2) is 2.84. The van der Waals surface area contributed by atoms with Crippen LogP contribution >= 0.6 is 15.9 Å². The van der Waals surface area contributed by atoms with Gasteiger partial charge in [-0.1, -0.05) is 12.7 Å². The molecule has 1 N–H and O–H groups in total. The summed E-state index contributed by atoms with van der Waals surface area (Å²) in [5, 5.41) is 0. The molecule has 0 aliphatic carbocycles. The van der Waals surface area contributed by atoms with Crippen LogP contribution in [0.5, 0.6) is 0 Å².